The Labute approximate surface area is 365 Å². The van der Waals surface area contributed by atoms with E-state index in [0.29, 0.717) is 31.6 Å². The van der Waals surface area contributed by atoms with Gasteiger partial charge in [0.05, 0.1) is 48.2 Å². The minimum Gasteiger partial charge on any atom is -0.379 e. The van der Waals surface area contributed by atoms with Crippen LogP contribution in [0.25, 0.3) is 0 Å². The fourth-order valence-electron chi connectivity index (χ4n) is 7.77. The summed E-state index contributed by atoms with van der Waals surface area (Å²) in [4.78, 5) is 87.3. The molecule has 0 saturated carbocycles. The minimum atomic E-state index is -0.839. The number of nitrogens with two attached hydrogens (primary N) is 1. The molecule has 1 fully saturated rings. The molecule has 1 aliphatic heterocycles. The maximum Gasteiger partial charge on any atom is 0.246 e. The van der Waals surface area contributed by atoms with Gasteiger partial charge in [-0.3, -0.25) is 33.7 Å². The second-order valence-electron chi connectivity index (χ2n) is 18.0. The third-order valence-corrected chi connectivity index (χ3v) is 12.6. The van der Waals surface area contributed by atoms with Crippen molar-refractivity contribution in [3.05, 3.63) is 29.8 Å². The highest BCUT2D eigenvalue weighted by Gasteiger charge is 2.44. The number of amides is 6. The van der Waals surface area contributed by atoms with Crippen molar-refractivity contribution in [1.29, 1.82) is 0 Å². The number of likely N-dealkylation sites (tertiary alicyclic amines) is 1. The Bertz CT molecular complexity index is 1640. The van der Waals surface area contributed by atoms with Gasteiger partial charge in [-0.2, -0.15) is 0 Å². The molecule has 5 N–H and O–H groups in total. The van der Waals surface area contributed by atoms with Crippen LogP contribution in [0.1, 0.15) is 93.6 Å². The Morgan fingerprint density at radius 3 is 2.10 bits per heavy atom. The van der Waals surface area contributed by atoms with Gasteiger partial charge in [0.1, 0.15) is 12.1 Å². The fourth-order valence-corrected chi connectivity index (χ4v) is 7.77. The number of benzene rings is 1. The smallest absolute Gasteiger partial charge is 0.246 e. The number of hydrogen-bond acceptors (Lipinski definition) is 10. The Balaban J connectivity index is 2.18. The van der Waals surface area contributed by atoms with Crippen molar-refractivity contribution in [1.82, 2.24) is 30.2 Å². The highest BCUT2D eigenvalue weighted by atomic mass is 16.5. The number of carbonyl (C=O) groups excluding carboxylic acids is 6. The molecule has 9 atom stereocenters. The number of nitrogens with one attached hydrogen (secondary N) is 3. The summed E-state index contributed by atoms with van der Waals surface area (Å²) in [7, 11) is 10.2. The average molecular weight is 859 g/mol. The van der Waals surface area contributed by atoms with Gasteiger partial charge >= 0.3 is 0 Å². The van der Waals surface area contributed by atoms with E-state index in [0.717, 1.165) is 18.4 Å². The first-order valence-electron chi connectivity index (χ1n) is 21.8. The van der Waals surface area contributed by atoms with Crippen molar-refractivity contribution in [2.45, 2.75) is 142 Å². The summed E-state index contributed by atoms with van der Waals surface area (Å²) < 4.78 is 12.0. The fraction of sp³-hybridized carbons (Fsp3) is 0.733. The quantitative estimate of drug-likeness (QED) is 0.127. The lowest BCUT2D eigenvalue weighted by Crippen LogP contribution is -2.61. The summed E-state index contributed by atoms with van der Waals surface area (Å²) >= 11 is 0. The molecule has 61 heavy (non-hydrogen) atoms. The normalized spacial score (nSPS) is 18.3. The van der Waals surface area contributed by atoms with Gasteiger partial charge < -0.3 is 45.9 Å². The van der Waals surface area contributed by atoms with E-state index in [2.05, 4.69) is 16.0 Å². The van der Waals surface area contributed by atoms with Gasteiger partial charge in [0.2, 0.25) is 35.4 Å². The molecule has 16 heteroatoms. The topological polar surface area (TPSA) is 196 Å². The molecule has 16 nitrogen and oxygen atoms in total. The van der Waals surface area contributed by atoms with Crippen LogP contribution in [0.15, 0.2) is 24.3 Å². The summed E-state index contributed by atoms with van der Waals surface area (Å²) in [6.45, 7) is 17.4. The molecule has 1 heterocycles. The number of rotatable bonds is 23. The minimum absolute atomic E-state index is 0.0185. The zero-order valence-corrected chi connectivity index (χ0v) is 39.7. The number of carbonyl (C=O) groups is 6. The van der Waals surface area contributed by atoms with Crippen LogP contribution in [0.4, 0.5) is 5.69 Å². The monoisotopic (exact) mass is 859 g/mol. The van der Waals surface area contributed by atoms with Gasteiger partial charge in [-0.25, -0.2) is 0 Å². The van der Waals surface area contributed by atoms with Crippen LogP contribution in [0.3, 0.4) is 0 Å². The van der Waals surface area contributed by atoms with Gasteiger partial charge in [0.25, 0.3) is 0 Å². The van der Waals surface area contributed by atoms with E-state index in [1.165, 1.54) is 0 Å². The lowest BCUT2D eigenvalue weighted by molar-refractivity contribution is -0.149. The number of ether oxygens (including phenoxy) is 2. The number of hydrogen-bond donors (Lipinski definition) is 4. The molecule has 346 valence electrons. The molecular weight excluding hydrogens is 781 g/mol. The van der Waals surface area contributed by atoms with Crippen LogP contribution in [-0.4, -0.2) is 158 Å². The molecule has 0 unspecified atom stereocenters. The van der Waals surface area contributed by atoms with Crippen LogP contribution in [0.5, 0.6) is 0 Å². The van der Waals surface area contributed by atoms with Crippen LogP contribution < -0.4 is 21.7 Å². The number of anilines is 1. The molecule has 0 bridgehead atoms. The summed E-state index contributed by atoms with van der Waals surface area (Å²) in [5.41, 5.74) is 6.23. The summed E-state index contributed by atoms with van der Waals surface area (Å²) in [5, 5.41) is 8.40. The molecular formula is C45H78N8O8. The molecule has 1 aromatic carbocycles. The summed E-state index contributed by atoms with van der Waals surface area (Å²) in [6, 6.07) is 4.22. The lowest BCUT2D eigenvalue weighted by atomic mass is 9.89. The second-order valence-corrected chi connectivity index (χ2v) is 18.0. The first kappa shape index (κ1) is 53.0. The van der Waals surface area contributed by atoms with Crippen LogP contribution in [-0.2, 0) is 44.7 Å². The van der Waals surface area contributed by atoms with Crippen molar-refractivity contribution in [2.24, 2.45) is 23.5 Å². The van der Waals surface area contributed by atoms with E-state index >= 15 is 0 Å². The van der Waals surface area contributed by atoms with Crippen molar-refractivity contribution in [3.8, 4) is 0 Å². The maximum atomic E-state index is 14.3. The van der Waals surface area contributed by atoms with Crippen LogP contribution >= 0.6 is 0 Å². The van der Waals surface area contributed by atoms with Crippen molar-refractivity contribution in [3.63, 3.8) is 0 Å². The highest BCUT2D eigenvalue weighted by molar-refractivity contribution is 5.97. The average Bonchev–Trinajstić information content (AvgIpc) is 3.70. The van der Waals surface area contributed by atoms with Crippen LogP contribution in [0.2, 0.25) is 0 Å². The lowest BCUT2D eigenvalue weighted by Gasteiger charge is -2.41. The van der Waals surface area contributed by atoms with Crippen LogP contribution in [0, 0.1) is 17.8 Å². The molecule has 0 spiro atoms. The zero-order chi connectivity index (χ0) is 46.5. The zero-order valence-electron chi connectivity index (χ0n) is 39.7. The Hall–Kier alpha value is -4.12. The Morgan fingerprint density at radius 1 is 0.918 bits per heavy atom. The van der Waals surface area contributed by atoms with Crippen molar-refractivity contribution >= 4 is 41.1 Å². The predicted molar refractivity (Wildman–Crippen MR) is 238 cm³/mol. The SMILES string of the molecule is CC[C@H](C)[C@@H]([C@@H](CC(=O)N1CCC[C@H]1[C@H](OC)[C@@H](C)C(=O)N(C)CCc1cccc(NC(=O)[C@H](C)NC(=O)[C@H](C)N)c1)OC)N(C)C(=O)[C@@H](NC(=O)C(C)(C)N(C)C)C(C)C. The standard InChI is InChI=1S/C45H78N8O8/c1-16-28(4)38(52(13)43(58)37(27(2)3)49-44(59)45(8,9)50(10)11)35(60-14)26-36(54)53-23-18-21-34(53)39(61-15)29(5)42(57)51(12)24-22-32-19-17-20-33(25-32)48-41(56)31(7)47-40(55)30(6)46/h17,19-20,25,27-31,34-35,37-39H,16,18,21-24,26,46H2,1-15H3,(H,47,55)(H,48,56)(H,49,59)/t28-,29+,30-,31-,34-,35+,37-,38-,39+/m0/s1. The Morgan fingerprint density at radius 2 is 1.56 bits per heavy atom. The van der Waals surface area contributed by atoms with E-state index < -0.39 is 53.7 Å². The third kappa shape index (κ3) is 14.2. The largest absolute Gasteiger partial charge is 0.379 e. The van der Waals surface area contributed by atoms with E-state index in [1.54, 1.807) is 58.0 Å². The number of nitrogens with zero attached hydrogens (tertiary/aromatic N) is 4. The van der Waals surface area contributed by atoms with Gasteiger partial charge in [-0.05, 0) is 90.6 Å². The van der Waals surface area contributed by atoms with Gasteiger partial charge in [0.15, 0.2) is 0 Å². The second kappa shape index (κ2) is 23.9. The van der Waals surface area contributed by atoms with Crippen molar-refractivity contribution in [2.75, 3.05) is 60.8 Å². The summed E-state index contributed by atoms with van der Waals surface area (Å²) in [6.07, 6.45) is 1.48. The first-order chi connectivity index (χ1) is 28.4. The molecule has 1 aliphatic rings. The van der Waals surface area contributed by atoms with E-state index in [9.17, 15) is 28.8 Å². The third-order valence-electron chi connectivity index (χ3n) is 12.6. The van der Waals surface area contributed by atoms with Gasteiger partial charge in [0, 0.05) is 47.1 Å². The molecule has 0 aromatic heterocycles. The highest BCUT2D eigenvalue weighted by Crippen LogP contribution is 2.30. The van der Waals surface area contributed by atoms with Gasteiger partial charge in [-0.15, -0.1) is 0 Å². The van der Waals surface area contributed by atoms with E-state index in [-0.39, 0.29) is 53.8 Å². The molecule has 2 rings (SSSR count). The maximum absolute atomic E-state index is 14.3. The predicted octanol–water partition coefficient (Wildman–Crippen LogP) is 2.88. The van der Waals surface area contributed by atoms with E-state index in [1.807, 2.05) is 90.6 Å². The van der Waals surface area contributed by atoms with Gasteiger partial charge in [-0.1, -0.05) is 53.2 Å². The molecule has 1 aromatic rings. The summed E-state index contributed by atoms with van der Waals surface area (Å²) in [5.74, 6) is -2.37. The molecule has 1 saturated heterocycles. The Kier molecular flexibility index (Phi) is 20.8. The van der Waals surface area contributed by atoms with Crippen molar-refractivity contribution < 1.29 is 38.2 Å². The first-order valence-corrected chi connectivity index (χ1v) is 21.8. The molecule has 0 aliphatic carbocycles. The number of likely N-dealkylation sites (N-methyl/N-ethyl adjacent to an activating group) is 3. The number of methoxy groups -OCH3 is 2. The molecule has 0 radical (unpaired) electrons. The van der Waals surface area contributed by atoms with E-state index in [4.69, 9.17) is 15.2 Å². The molecule has 6 amide bonds.